The van der Waals surface area contributed by atoms with Gasteiger partial charge in [0.2, 0.25) is 12.0 Å². The molecule has 33 heavy (non-hydrogen) atoms. The minimum absolute atomic E-state index is 0.0102. The Bertz CT molecular complexity index is 1020. The highest BCUT2D eigenvalue weighted by atomic mass is 16.9. The predicted octanol–water partition coefficient (Wildman–Crippen LogP) is 1.17. The van der Waals surface area contributed by atoms with Crippen molar-refractivity contribution in [2.45, 2.75) is 76.1 Å². The summed E-state index contributed by atoms with van der Waals surface area (Å²) in [5.41, 5.74) is 1.21. The van der Waals surface area contributed by atoms with Gasteiger partial charge in [0.1, 0.15) is 36.0 Å². The van der Waals surface area contributed by atoms with Crippen molar-refractivity contribution < 1.29 is 38.1 Å². The van der Waals surface area contributed by atoms with Gasteiger partial charge in [-0.15, -0.1) is 0 Å². The maximum Gasteiger partial charge on any atom is 0.274 e. The molecule has 4 saturated heterocycles. The lowest BCUT2D eigenvalue weighted by Gasteiger charge is -2.38. The van der Waals surface area contributed by atoms with E-state index in [1.54, 1.807) is 13.8 Å². The number of carbonyl (C=O) groups excluding carboxylic acids is 2. The Labute approximate surface area is 190 Å². The van der Waals surface area contributed by atoms with Crippen LogP contribution in [0.25, 0.3) is 0 Å². The molecule has 5 heterocycles. The normalized spacial score (nSPS) is 40.3. The first-order valence-corrected chi connectivity index (χ1v) is 11.1. The summed E-state index contributed by atoms with van der Waals surface area (Å²) in [5.74, 6) is -3.31. The van der Waals surface area contributed by atoms with Gasteiger partial charge in [0, 0.05) is 5.56 Å². The lowest BCUT2D eigenvalue weighted by atomic mass is 9.94. The van der Waals surface area contributed by atoms with Crippen molar-refractivity contribution >= 4 is 17.5 Å². The Morgan fingerprint density at radius 2 is 1.55 bits per heavy atom. The fraction of sp³-hybridized carbons (Fsp3) is 0.609. The molecule has 10 nitrogen and oxygen atoms in total. The predicted molar refractivity (Wildman–Crippen MR) is 111 cm³/mol. The van der Waals surface area contributed by atoms with E-state index in [1.807, 2.05) is 44.2 Å². The van der Waals surface area contributed by atoms with Gasteiger partial charge in [-0.25, -0.2) is 0 Å². The average Bonchev–Trinajstić information content (AvgIpc) is 3.47. The van der Waals surface area contributed by atoms with E-state index in [1.165, 1.54) is 4.90 Å². The number of fused-ring (bicyclic) bond motifs is 4. The lowest BCUT2D eigenvalue weighted by molar-refractivity contribution is -0.236. The number of imide groups is 1. The third-order valence-electron chi connectivity index (χ3n) is 6.59. The number of nitrogens with zero attached hydrogens (tertiary/aromatic N) is 2. The highest BCUT2D eigenvalue weighted by Crippen LogP contribution is 2.44. The van der Waals surface area contributed by atoms with E-state index in [0.717, 1.165) is 5.56 Å². The first-order valence-electron chi connectivity index (χ1n) is 11.1. The molecule has 0 aliphatic carbocycles. The van der Waals surface area contributed by atoms with Gasteiger partial charge in [0.25, 0.3) is 5.91 Å². The number of carbonyl (C=O) groups is 2. The Balaban J connectivity index is 1.25. The van der Waals surface area contributed by atoms with Crippen LogP contribution in [0.15, 0.2) is 35.5 Å². The van der Waals surface area contributed by atoms with Crippen molar-refractivity contribution in [3.63, 3.8) is 0 Å². The van der Waals surface area contributed by atoms with Gasteiger partial charge in [-0.05, 0) is 27.7 Å². The quantitative estimate of drug-likeness (QED) is 0.622. The summed E-state index contributed by atoms with van der Waals surface area (Å²) < 4.78 is 30.3. The van der Waals surface area contributed by atoms with Crippen LogP contribution < -0.4 is 0 Å². The molecule has 2 amide bonds. The maximum atomic E-state index is 13.4. The molecule has 0 spiro atoms. The summed E-state index contributed by atoms with van der Waals surface area (Å²) in [6, 6.07) is 9.24. The number of benzene rings is 1. The molecule has 0 unspecified atom stereocenters. The fourth-order valence-corrected chi connectivity index (χ4v) is 5.28. The molecule has 0 bridgehead atoms. The van der Waals surface area contributed by atoms with Gasteiger partial charge >= 0.3 is 0 Å². The van der Waals surface area contributed by atoms with Crippen LogP contribution >= 0.6 is 0 Å². The van der Waals surface area contributed by atoms with E-state index in [9.17, 15) is 9.59 Å². The molecule has 1 aromatic carbocycles. The van der Waals surface area contributed by atoms with Crippen LogP contribution in [0.5, 0.6) is 0 Å². The number of likely N-dealkylation sites (tertiary alicyclic amines) is 1. The Kier molecular flexibility index (Phi) is 4.54. The van der Waals surface area contributed by atoms with Gasteiger partial charge in [-0.1, -0.05) is 35.5 Å². The fourth-order valence-electron chi connectivity index (χ4n) is 5.28. The van der Waals surface area contributed by atoms with E-state index in [2.05, 4.69) is 5.16 Å². The van der Waals surface area contributed by atoms with E-state index >= 15 is 0 Å². The van der Waals surface area contributed by atoms with Crippen molar-refractivity contribution in [2.24, 2.45) is 11.1 Å². The Hall–Kier alpha value is -2.37. The highest BCUT2D eigenvalue weighted by molar-refractivity contribution is 6.23. The lowest BCUT2D eigenvalue weighted by Crippen LogP contribution is -2.58. The second kappa shape index (κ2) is 7.07. The standard InChI is InChI=1S/C23H26N2O8/c1-22(2)29-15-12(28-21-18(17(15)30-22)31-23(3,4)32-21)10-25-19(26)13-14(11-8-6-5-7-9-11)24-33-16(13)20(25)27/h5-9,12-13,15-18,21H,10H2,1-4H3/t12-,13-,15+,16+,17+,18-,21-/m1/s1. The van der Waals surface area contributed by atoms with Crippen LogP contribution in [0.3, 0.4) is 0 Å². The molecular formula is C23H26N2O8. The summed E-state index contributed by atoms with van der Waals surface area (Å²) in [6.45, 7) is 7.21. The van der Waals surface area contributed by atoms with Crippen LogP contribution in [0.2, 0.25) is 0 Å². The second-order valence-corrected chi connectivity index (χ2v) is 9.84. The van der Waals surface area contributed by atoms with Crippen molar-refractivity contribution in [2.75, 3.05) is 6.54 Å². The number of oxime groups is 1. The first kappa shape index (κ1) is 21.2. The summed E-state index contributed by atoms with van der Waals surface area (Å²) in [5, 5.41) is 4.04. The number of hydrogen-bond donors (Lipinski definition) is 0. The SMILES string of the molecule is CC1(C)O[C@H]2[C@@H](O1)[C@@H](CN1C(=O)[C@@H]3C(c4ccccc4)=NO[C@@H]3C1=O)O[C@@H]1OC(C)(C)O[C@@H]12. The molecule has 0 radical (unpaired) electrons. The van der Waals surface area contributed by atoms with Crippen LogP contribution in [0.1, 0.15) is 33.3 Å². The van der Waals surface area contributed by atoms with Gasteiger partial charge in [0.15, 0.2) is 17.9 Å². The van der Waals surface area contributed by atoms with Gasteiger partial charge in [0.05, 0.1) is 6.54 Å². The van der Waals surface area contributed by atoms with E-state index in [-0.39, 0.29) is 12.5 Å². The molecule has 10 heteroatoms. The van der Waals surface area contributed by atoms with Crippen LogP contribution in [0.4, 0.5) is 0 Å². The number of rotatable bonds is 3. The largest absolute Gasteiger partial charge is 0.381 e. The molecule has 7 atom stereocenters. The van der Waals surface area contributed by atoms with Gasteiger partial charge in [-0.2, -0.15) is 0 Å². The molecule has 5 aliphatic rings. The number of hydrogen-bond acceptors (Lipinski definition) is 9. The molecule has 176 valence electrons. The molecule has 6 rings (SSSR count). The zero-order valence-corrected chi connectivity index (χ0v) is 18.8. The third-order valence-corrected chi connectivity index (χ3v) is 6.59. The van der Waals surface area contributed by atoms with Crippen molar-refractivity contribution in [3.8, 4) is 0 Å². The van der Waals surface area contributed by atoms with E-state index < -0.39 is 60.2 Å². The van der Waals surface area contributed by atoms with E-state index in [0.29, 0.717) is 5.71 Å². The van der Waals surface area contributed by atoms with Crippen molar-refractivity contribution in [3.05, 3.63) is 35.9 Å². The average molecular weight is 458 g/mol. The Morgan fingerprint density at radius 3 is 2.30 bits per heavy atom. The second-order valence-electron chi connectivity index (χ2n) is 9.84. The summed E-state index contributed by atoms with van der Waals surface area (Å²) in [6.07, 6.45) is -3.80. The highest BCUT2D eigenvalue weighted by Gasteiger charge is 2.62. The molecule has 0 aromatic heterocycles. The van der Waals surface area contributed by atoms with Gasteiger partial charge in [-0.3, -0.25) is 14.5 Å². The molecule has 0 N–H and O–H groups in total. The third kappa shape index (κ3) is 3.31. The minimum Gasteiger partial charge on any atom is -0.381 e. The Morgan fingerprint density at radius 1 is 0.879 bits per heavy atom. The van der Waals surface area contributed by atoms with Gasteiger partial charge < -0.3 is 28.5 Å². The molecular weight excluding hydrogens is 432 g/mol. The summed E-state index contributed by atoms with van der Waals surface area (Å²) >= 11 is 0. The first-order chi connectivity index (χ1) is 15.6. The van der Waals surface area contributed by atoms with Crippen LogP contribution in [-0.2, 0) is 38.1 Å². The topological polar surface area (TPSA) is 105 Å². The summed E-state index contributed by atoms with van der Waals surface area (Å²) in [7, 11) is 0. The molecule has 0 saturated carbocycles. The minimum atomic E-state index is -0.970. The smallest absolute Gasteiger partial charge is 0.274 e. The zero-order chi connectivity index (χ0) is 23.1. The zero-order valence-electron chi connectivity index (χ0n) is 18.8. The molecule has 1 aromatic rings. The number of ether oxygens (including phenoxy) is 5. The van der Waals surface area contributed by atoms with E-state index in [4.69, 9.17) is 28.5 Å². The van der Waals surface area contributed by atoms with Crippen molar-refractivity contribution in [1.29, 1.82) is 0 Å². The molecule has 5 aliphatic heterocycles. The molecule has 4 fully saturated rings. The number of amides is 2. The monoisotopic (exact) mass is 458 g/mol. The summed E-state index contributed by atoms with van der Waals surface area (Å²) in [4.78, 5) is 33.1. The van der Waals surface area contributed by atoms with Crippen LogP contribution in [-0.4, -0.2) is 77.4 Å². The van der Waals surface area contributed by atoms with Crippen LogP contribution in [0, 0.1) is 5.92 Å². The van der Waals surface area contributed by atoms with Crippen molar-refractivity contribution in [1.82, 2.24) is 4.90 Å². The maximum absolute atomic E-state index is 13.4.